The van der Waals surface area contributed by atoms with Gasteiger partial charge in [-0.3, -0.25) is 4.57 Å². The lowest BCUT2D eigenvalue weighted by atomic mass is 10.2. The second-order valence-corrected chi connectivity index (χ2v) is 8.00. The summed E-state index contributed by atoms with van der Waals surface area (Å²) in [5.74, 6) is 0.421. The molecule has 0 aliphatic rings. The number of aromatic nitrogens is 4. The molecule has 0 amide bonds. The SMILES string of the molecule is CCOC(=O)c1csc(CSc2nnc(-c3ccc(F)cc3)n2-c2ccccc2)n1. The van der Waals surface area contributed by atoms with Crippen molar-refractivity contribution < 1.29 is 13.9 Å². The van der Waals surface area contributed by atoms with E-state index >= 15 is 0 Å². The Morgan fingerprint density at radius 2 is 1.90 bits per heavy atom. The average molecular weight is 441 g/mol. The summed E-state index contributed by atoms with van der Waals surface area (Å²) in [5, 5.41) is 11.8. The van der Waals surface area contributed by atoms with Crippen molar-refractivity contribution in [3.63, 3.8) is 0 Å². The zero-order valence-electron chi connectivity index (χ0n) is 16.0. The summed E-state index contributed by atoms with van der Waals surface area (Å²) in [5.41, 5.74) is 1.98. The van der Waals surface area contributed by atoms with E-state index in [1.807, 2.05) is 34.9 Å². The summed E-state index contributed by atoms with van der Waals surface area (Å²) in [7, 11) is 0. The van der Waals surface area contributed by atoms with E-state index in [0.29, 0.717) is 29.0 Å². The van der Waals surface area contributed by atoms with E-state index in [-0.39, 0.29) is 5.82 Å². The van der Waals surface area contributed by atoms with E-state index in [0.717, 1.165) is 16.3 Å². The lowest BCUT2D eigenvalue weighted by Crippen LogP contribution is -2.05. The fraction of sp³-hybridized carbons (Fsp3) is 0.143. The molecule has 4 rings (SSSR count). The van der Waals surface area contributed by atoms with Gasteiger partial charge in [0.05, 0.1) is 12.4 Å². The Morgan fingerprint density at radius 3 is 2.63 bits per heavy atom. The molecule has 30 heavy (non-hydrogen) atoms. The van der Waals surface area contributed by atoms with Gasteiger partial charge in [-0.1, -0.05) is 30.0 Å². The standard InChI is InChI=1S/C21H17FN4O2S2/c1-2-28-20(27)17-12-29-18(23-17)13-30-21-25-24-19(14-8-10-15(22)11-9-14)26(21)16-6-4-3-5-7-16/h3-12H,2,13H2,1H3. The van der Waals surface area contributed by atoms with Crippen LogP contribution in [0.2, 0.25) is 0 Å². The number of halogens is 1. The second-order valence-electron chi connectivity index (χ2n) is 6.12. The average Bonchev–Trinajstić information content (AvgIpc) is 3.41. The maximum Gasteiger partial charge on any atom is 0.357 e. The number of thiazole rings is 1. The van der Waals surface area contributed by atoms with Gasteiger partial charge in [0.25, 0.3) is 0 Å². The van der Waals surface area contributed by atoms with Crippen molar-refractivity contribution in [2.45, 2.75) is 17.8 Å². The molecule has 0 spiro atoms. The predicted molar refractivity (Wildman–Crippen MR) is 114 cm³/mol. The summed E-state index contributed by atoms with van der Waals surface area (Å²) in [6.07, 6.45) is 0. The van der Waals surface area contributed by atoms with Crippen LogP contribution in [0.1, 0.15) is 22.4 Å². The van der Waals surface area contributed by atoms with Gasteiger partial charge in [0, 0.05) is 16.6 Å². The van der Waals surface area contributed by atoms with Crippen molar-refractivity contribution in [3.05, 3.63) is 76.5 Å². The summed E-state index contributed by atoms with van der Waals surface area (Å²) >= 11 is 2.86. The maximum atomic E-state index is 13.4. The molecule has 4 aromatic rings. The predicted octanol–water partition coefficient (Wildman–Crippen LogP) is 5.00. The van der Waals surface area contributed by atoms with Crippen LogP contribution < -0.4 is 0 Å². The number of thioether (sulfide) groups is 1. The first-order valence-electron chi connectivity index (χ1n) is 9.17. The molecule has 0 radical (unpaired) electrons. The fourth-order valence-electron chi connectivity index (χ4n) is 2.76. The van der Waals surface area contributed by atoms with Gasteiger partial charge in [0.15, 0.2) is 16.7 Å². The summed E-state index contributed by atoms with van der Waals surface area (Å²) in [6.45, 7) is 2.07. The third-order valence-corrected chi connectivity index (χ3v) is 6.08. The molecule has 0 saturated carbocycles. The molecular weight excluding hydrogens is 423 g/mol. The van der Waals surface area contributed by atoms with Crippen molar-refractivity contribution in [3.8, 4) is 17.1 Å². The van der Waals surface area contributed by atoms with Gasteiger partial charge in [0.2, 0.25) is 0 Å². The van der Waals surface area contributed by atoms with Crippen molar-refractivity contribution in [1.29, 1.82) is 0 Å². The fourth-order valence-corrected chi connectivity index (χ4v) is 4.49. The third kappa shape index (κ3) is 4.42. The second kappa shape index (κ2) is 9.19. The minimum absolute atomic E-state index is 0.305. The highest BCUT2D eigenvalue weighted by Crippen LogP contribution is 2.30. The molecule has 2 aromatic heterocycles. The minimum Gasteiger partial charge on any atom is -0.461 e. The smallest absolute Gasteiger partial charge is 0.357 e. The molecule has 0 aliphatic carbocycles. The molecule has 0 fully saturated rings. The van der Waals surface area contributed by atoms with Crippen LogP contribution in [0.5, 0.6) is 0 Å². The van der Waals surface area contributed by atoms with Gasteiger partial charge in [-0.2, -0.15) is 0 Å². The van der Waals surface area contributed by atoms with Crippen LogP contribution in [0.4, 0.5) is 4.39 Å². The Morgan fingerprint density at radius 1 is 1.13 bits per heavy atom. The van der Waals surface area contributed by atoms with Gasteiger partial charge >= 0.3 is 5.97 Å². The van der Waals surface area contributed by atoms with Crippen LogP contribution in [-0.2, 0) is 10.5 Å². The van der Waals surface area contributed by atoms with Crippen molar-refractivity contribution in [1.82, 2.24) is 19.7 Å². The molecule has 2 heterocycles. The van der Waals surface area contributed by atoms with E-state index in [4.69, 9.17) is 4.74 Å². The number of esters is 1. The minimum atomic E-state index is -0.420. The number of para-hydroxylation sites is 1. The van der Waals surface area contributed by atoms with Gasteiger partial charge in [-0.25, -0.2) is 14.2 Å². The summed E-state index contributed by atoms with van der Waals surface area (Å²) in [6, 6.07) is 15.9. The van der Waals surface area contributed by atoms with E-state index < -0.39 is 5.97 Å². The number of carbonyl (C=O) groups excluding carboxylic acids is 1. The van der Waals surface area contributed by atoms with Crippen LogP contribution in [-0.4, -0.2) is 32.3 Å². The first kappa shape index (κ1) is 20.2. The Hall–Kier alpha value is -3.04. The molecule has 2 aromatic carbocycles. The molecule has 0 unspecified atom stereocenters. The van der Waals surface area contributed by atoms with Crippen LogP contribution in [0.25, 0.3) is 17.1 Å². The first-order chi connectivity index (χ1) is 14.7. The highest BCUT2D eigenvalue weighted by molar-refractivity contribution is 7.98. The highest BCUT2D eigenvalue weighted by atomic mass is 32.2. The summed E-state index contributed by atoms with van der Waals surface area (Å²) in [4.78, 5) is 16.2. The van der Waals surface area contributed by atoms with Gasteiger partial charge in [0.1, 0.15) is 10.8 Å². The number of nitrogens with zero attached hydrogens (tertiary/aromatic N) is 4. The van der Waals surface area contributed by atoms with Crippen LogP contribution >= 0.6 is 23.1 Å². The number of rotatable bonds is 7. The lowest BCUT2D eigenvalue weighted by Gasteiger charge is -2.10. The third-order valence-electron chi connectivity index (χ3n) is 4.11. The molecule has 0 saturated heterocycles. The highest BCUT2D eigenvalue weighted by Gasteiger charge is 2.18. The van der Waals surface area contributed by atoms with E-state index in [9.17, 15) is 9.18 Å². The van der Waals surface area contributed by atoms with Crippen LogP contribution in [0.3, 0.4) is 0 Å². The van der Waals surface area contributed by atoms with E-state index in [2.05, 4.69) is 15.2 Å². The van der Waals surface area contributed by atoms with Gasteiger partial charge in [-0.05, 0) is 43.3 Å². The van der Waals surface area contributed by atoms with E-state index in [1.165, 1.54) is 35.2 Å². The number of benzene rings is 2. The first-order valence-corrected chi connectivity index (χ1v) is 11.0. The zero-order chi connectivity index (χ0) is 20.9. The Labute approximate surface area is 180 Å². The zero-order valence-corrected chi connectivity index (χ0v) is 17.6. The molecule has 9 heteroatoms. The number of ether oxygens (including phenoxy) is 1. The molecule has 0 bridgehead atoms. The normalized spacial score (nSPS) is 10.9. The van der Waals surface area contributed by atoms with Crippen molar-refractivity contribution >= 4 is 29.1 Å². The van der Waals surface area contributed by atoms with Gasteiger partial charge < -0.3 is 4.74 Å². The van der Waals surface area contributed by atoms with E-state index in [1.54, 1.807) is 24.4 Å². The monoisotopic (exact) mass is 440 g/mol. The van der Waals surface area contributed by atoms with Crippen LogP contribution in [0, 0.1) is 5.82 Å². The number of hydrogen-bond donors (Lipinski definition) is 0. The Kier molecular flexibility index (Phi) is 6.20. The number of hydrogen-bond acceptors (Lipinski definition) is 7. The molecule has 6 nitrogen and oxygen atoms in total. The largest absolute Gasteiger partial charge is 0.461 e. The molecule has 0 atom stereocenters. The number of carbonyl (C=O) groups is 1. The lowest BCUT2D eigenvalue weighted by molar-refractivity contribution is 0.0520. The van der Waals surface area contributed by atoms with Gasteiger partial charge in [-0.15, -0.1) is 21.5 Å². The summed E-state index contributed by atoms with van der Waals surface area (Å²) < 4.78 is 20.3. The van der Waals surface area contributed by atoms with Crippen molar-refractivity contribution in [2.24, 2.45) is 0 Å². The van der Waals surface area contributed by atoms with Crippen LogP contribution in [0.15, 0.2) is 65.1 Å². The molecule has 0 N–H and O–H groups in total. The molecule has 0 aliphatic heterocycles. The molecule has 152 valence electrons. The quantitative estimate of drug-likeness (QED) is 0.298. The van der Waals surface area contributed by atoms with Crippen molar-refractivity contribution in [2.75, 3.05) is 6.61 Å². The Balaban J connectivity index is 1.62. The maximum absolute atomic E-state index is 13.4. The molecular formula is C21H17FN4O2S2. The topological polar surface area (TPSA) is 69.9 Å². The Bertz CT molecular complexity index is 1140.